The number of rotatable bonds is 6. The number of morpholine rings is 1. The molecule has 0 aliphatic carbocycles. The fraction of sp³-hybridized carbons (Fsp3) is 0.500. The Balaban J connectivity index is 1.72. The van der Waals surface area contributed by atoms with Gasteiger partial charge >= 0.3 is 0 Å². The largest absolute Gasteiger partial charge is 0.375 e. The number of aromatic nitrogens is 2. The Morgan fingerprint density at radius 1 is 1.50 bits per heavy atom. The van der Waals surface area contributed by atoms with Gasteiger partial charge in [0.1, 0.15) is 12.2 Å². The third kappa shape index (κ3) is 5.25. The minimum atomic E-state index is -0.150. The molecule has 0 saturated carbocycles. The van der Waals surface area contributed by atoms with Crippen LogP contribution in [-0.2, 0) is 16.5 Å². The maximum Gasteiger partial charge on any atom is 0.194 e. The predicted molar refractivity (Wildman–Crippen MR) is 111 cm³/mol. The molecule has 2 heterocycles. The number of hydrogen-bond donors (Lipinski definition) is 1. The molecule has 1 aliphatic heterocycles. The smallest absolute Gasteiger partial charge is 0.194 e. The van der Waals surface area contributed by atoms with E-state index >= 15 is 0 Å². The van der Waals surface area contributed by atoms with Crippen LogP contribution in [0, 0.1) is 0 Å². The quantitative estimate of drug-likeness (QED) is 0.591. The average molecular weight is 406 g/mol. The van der Waals surface area contributed by atoms with Crippen molar-refractivity contribution in [3.05, 3.63) is 52.8 Å². The van der Waals surface area contributed by atoms with Gasteiger partial charge in [-0.15, -0.1) is 0 Å². The van der Waals surface area contributed by atoms with E-state index in [0.717, 1.165) is 36.7 Å². The van der Waals surface area contributed by atoms with E-state index in [1.54, 1.807) is 11.8 Å². The summed E-state index contributed by atoms with van der Waals surface area (Å²) in [6, 6.07) is 7.72. The number of nitrogens with zero attached hydrogens (tertiary/aromatic N) is 4. The third-order valence-electron chi connectivity index (χ3n) is 4.71. The van der Waals surface area contributed by atoms with Crippen molar-refractivity contribution >= 4 is 17.6 Å². The molecule has 8 heteroatoms. The summed E-state index contributed by atoms with van der Waals surface area (Å²) in [5.41, 5.74) is 2.10. The van der Waals surface area contributed by atoms with Crippen LogP contribution < -0.4 is 5.32 Å². The molecule has 2 atom stereocenters. The van der Waals surface area contributed by atoms with Crippen LogP contribution in [-0.4, -0.2) is 60.5 Å². The van der Waals surface area contributed by atoms with Gasteiger partial charge in [0, 0.05) is 44.0 Å². The molecule has 152 valence electrons. The topological polar surface area (TPSA) is 63.9 Å². The minimum Gasteiger partial charge on any atom is -0.375 e. The van der Waals surface area contributed by atoms with Gasteiger partial charge in [0.2, 0.25) is 0 Å². The van der Waals surface area contributed by atoms with E-state index in [9.17, 15) is 0 Å². The van der Waals surface area contributed by atoms with Gasteiger partial charge in [-0.05, 0) is 24.6 Å². The lowest BCUT2D eigenvalue weighted by Crippen LogP contribution is -2.48. The number of guanidine groups is 1. The van der Waals surface area contributed by atoms with Crippen molar-refractivity contribution in [2.45, 2.75) is 19.1 Å². The Morgan fingerprint density at radius 2 is 2.36 bits per heavy atom. The summed E-state index contributed by atoms with van der Waals surface area (Å²) in [4.78, 5) is 7.07. The van der Waals surface area contributed by atoms with E-state index in [1.165, 1.54) is 0 Å². The number of aliphatic imine (C=N–C) groups is 1. The summed E-state index contributed by atoms with van der Waals surface area (Å²) in [6.07, 6.45) is 3.69. The van der Waals surface area contributed by atoms with Crippen LogP contribution in [0.5, 0.6) is 0 Å². The fourth-order valence-corrected chi connectivity index (χ4v) is 3.47. The van der Waals surface area contributed by atoms with Crippen LogP contribution in [0.3, 0.4) is 0 Å². The van der Waals surface area contributed by atoms with Gasteiger partial charge < -0.3 is 19.7 Å². The maximum absolute atomic E-state index is 6.12. The lowest BCUT2D eigenvalue weighted by molar-refractivity contribution is -0.00815. The Hall–Kier alpha value is -2.09. The summed E-state index contributed by atoms with van der Waals surface area (Å²) in [5, 5.41) is 8.34. The first-order chi connectivity index (χ1) is 13.6. The Bertz CT molecular complexity index is 794. The second-order valence-corrected chi connectivity index (χ2v) is 7.16. The van der Waals surface area contributed by atoms with Crippen molar-refractivity contribution in [2.24, 2.45) is 12.0 Å². The zero-order valence-corrected chi connectivity index (χ0v) is 17.4. The second-order valence-electron chi connectivity index (χ2n) is 6.73. The normalized spacial score (nSPS) is 18.9. The lowest BCUT2D eigenvalue weighted by Gasteiger charge is -2.35. The van der Waals surface area contributed by atoms with Crippen LogP contribution in [0.4, 0.5) is 0 Å². The van der Waals surface area contributed by atoms with Crippen LogP contribution >= 0.6 is 11.6 Å². The van der Waals surface area contributed by atoms with Crippen molar-refractivity contribution in [1.29, 1.82) is 0 Å². The molecule has 7 nitrogen and oxygen atoms in total. The number of methoxy groups -OCH3 is 1. The van der Waals surface area contributed by atoms with Gasteiger partial charge in [0.25, 0.3) is 0 Å². The Morgan fingerprint density at radius 3 is 3.04 bits per heavy atom. The van der Waals surface area contributed by atoms with Gasteiger partial charge in [0.05, 0.1) is 25.9 Å². The first-order valence-electron chi connectivity index (χ1n) is 9.52. The highest BCUT2D eigenvalue weighted by atomic mass is 35.5. The summed E-state index contributed by atoms with van der Waals surface area (Å²) in [6.45, 7) is 5.53. The highest BCUT2D eigenvalue weighted by Gasteiger charge is 2.25. The molecule has 28 heavy (non-hydrogen) atoms. The molecule has 2 aromatic rings. The van der Waals surface area contributed by atoms with E-state index in [-0.39, 0.29) is 12.2 Å². The molecule has 1 saturated heterocycles. The SMILES string of the molecule is CCNC(=NCC(OC)c1cccc(Cl)c1)N1CCOC(c2cnn(C)c2)C1. The highest BCUT2D eigenvalue weighted by Crippen LogP contribution is 2.23. The molecule has 3 rings (SSSR count). The summed E-state index contributed by atoms with van der Waals surface area (Å²) >= 11 is 6.12. The number of benzene rings is 1. The molecule has 1 N–H and O–H groups in total. The number of ether oxygens (including phenoxy) is 2. The molecule has 1 fully saturated rings. The van der Waals surface area contributed by atoms with Crippen LogP contribution in [0.25, 0.3) is 0 Å². The van der Waals surface area contributed by atoms with Gasteiger partial charge in [0.15, 0.2) is 5.96 Å². The van der Waals surface area contributed by atoms with E-state index in [4.69, 9.17) is 26.1 Å². The summed E-state index contributed by atoms with van der Waals surface area (Å²) < 4.78 is 13.4. The summed E-state index contributed by atoms with van der Waals surface area (Å²) in [7, 11) is 3.61. The van der Waals surface area contributed by atoms with Crippen LogP contribution in [0.15, 0.2) is 41.7 Å². The lowest BCUT2D eigenvalue weighted by atomic mass is 10.1. The predicted octanol–water partition coefficient (Wildman–Crippen LogP) is 2.80. The first-order valence-corrected chi connectivity index (χ1v) is 9.90. The van der Waals surface area contributed by atoms with Crippen molar-refractivity contribution in [3.8, 4) is 0 Å². The van der Waals surface area contributed by atoms with Gasteiger partial charge in [-0.25, -0.2) is 0 Å². The maximum atomic E-state index is 6.12. The molecule has 0 bridgehead atoms. The molecular weight excluding hydrogens is 378 g/mol. The van der Waals surface area contributed by atoms with Crippen molar-refractivity contribution < 1.29 is 9.47 Å². The molecule has 0 amide bonds. The molecular formula is C20H28ClN5O2. The minimum absolute atomic E-state index is 0.0162. The number of nitrogens with one attached hydrogen (secondary N) is 1. The van der Waals surface area contributed by atoms with E-state index < -0.39 is 0 Å². The zero-order valence-electron chi connectivity index (χ0n) is 16.6. The highest BCUT2D eigenvalue weighted by molar-refractivity contribution is 6.30. The molecule has 0 radical (unpaired) electrons. The monoisotopic (exact) mass is 405 g/mol. The van der Waals surface area contributed by atoms with Crippen molar-refractivity contribution in [3.63, 3.8) is 0 Å². The first kappa shape index (κ1) is 20.6. The second kappa shape index (κ2) is 9.91. The molecule has 0 spiro atoms. The molecule has 1 aromatic carbocycles. The number of aryl methyl sites for hydroxylation is 1. The standard InChI is InChI=1S/C20H28ClN5O2/c1-4-22-20(23-12-18(27-3)15-6-5-7-17(21)10-15)26-8-9-28-19(14-26)16-11-24-25(2)13-16/h5-7,10-11,13,18-19H,4,8-9,12,14H2,1-3H3,(H,22,23). The number of hydrogen-bond acceptors (Lipinski definition) is 4. The van der Waals surface area contributed by atoms with E-state index in [2.05, 4.69) is 22.2 Å². The third-order valence-corrected chi connectivity index (χ3v) is 4.94. The van der Waals surface area contributed by atoms with Gasteiger partial charge in [-0.2, -0.15) is 5.10 Å². The Labute approximate surface area is 171 Å². The fourth-order valence-electron chi connectivity index (χ4n) is 3.27. The van der Waals surface area contributed by atoms with E-state index in [0.29, 0.717) is 18.2 Å². The van der Waals surface area contributed by atoms with Crippen molar-refractivity contribution in [2.75, 3.05) is 39.9 Å². The number of halogens is 1. The van der Waals surface area contributed by atoms with Gasteiger partial charge in [-0.1, -0.05) is 23.7 Å². The molecule has 1 aromatic heterocycles. The zero-order chi connectivity index (χ0) is 19.9. The average Bonchev–Trinajstić information content (AvgIpc) is 3.14. The van der Waals surface area contributed by atoms with Crippen LogP contribution in [0.1, 0.15) is 30.3 Å². The van der Waals surface area contributed by atoms with Gasteiger partial charge in [-0.3, -0.25) is 9.67 Å². The molecule has 2 unspecified atom stereocenters. The van der Waals surface area contributed by atoms with Crippen molar-refractivity contribution in [1.82, 2.24) is 20.0 Å². The Kier molecular flexibility index (Phi) is 7.30. The molecule has 1 aliphatic rings. The summed E-state index contributed by atoms with van der Waals surface area (Å²) in [5.74, 6) is 0.865. The van der Waals surface area contributed by atoms with E-state index in [1.807, 2.05) is 43.7 Å². The van der Waals surface area contributed by atoms with Crippen LogP contribution in [0.2, 0.25) is 5.02 Å².